The number of nitrogens with one attached hydrogen (secondary N) is 1. The fourth-order valence-corrected chi connectivity index (χ4v) is 4.58. The molecule has 3 aromatic rings. The van der Waals surface area contributed by atoms with Gasteiger partial charge < -0.3 is 10.2 Å². The minimum atomic E-state index is -4.41. The summed E-state index contributed by atoms with van der Waals surface area (Å²) in [5, 5.41) is 16.4. The van der Waals surface area contributed by atoms with Crippen LogP contribution in [0.1, 0.15) is 46.7 Å². The number of fused-ring (bicyclic) bond motifs is 1. The van der Waals surface area contributed by atoms with E-state index in [-0.39, 0.29) is 11.6 Å². The fraction of sp³-hybridized carbons (Fsp3) is 0.409. The van der Waals surface area contributed by atoms with E-state index in [1.54, 1.807) is 13.1 Å². The lowest BCUT2D eigenvalue weighted by atomic mass is 9.95. The van der Waals surface area contributed by atoms with Crippen LogP contribution in [-0.2, 0) is 19.8 Å². The standard InChI is InChI=1S/C22H24ClF3N6/c1-13-7-15(10-16(23)8-13)12-32(21-28-30-31(3)29-21)20-5-4-6-27-19-11-18(22(24,25)26)14(2)9-17(19)20/h7-11,20,27H,4-6,12H2,1-3H3/t20-/m0/s1. The molecule has 6 nitrogen and oxygen atoms in total. The number of hydrogen-bond acceptors (Lipinski definition) is 5. The summed E-state index contributed by atoms with van der Waals surface area (Å²) in [5.74, 6) is 0.417. The number of tetrazole rings is 1. The molecule has 170 valence electrons. The summed E-state index contributed by atoms with van der Waals surface area (Å²) in [6.45, 7) is 4.49. The molecule has 0 saturated heterocycles. The zero-order valence-corrected chi connectivity index (χ0v) is 18.8. The van der Waals surface area contributed by atoms with E-state index in [0.717, 1.165) is 29.5 Å². The average Bonchev–Trinajstić information content (AvgIpc) is 3.01. The summed E-state index contributed by atoms with van der Waals surface area (Å²) in [6, 6.07) is 8.41. The molecule has 0 bridgehead atoms. The zero-order valence-electron chi connectivity index (χ0n) is 18.0. The normalized spacial score (nSPS) is 16.3. The van der Waals surface area contributed by atoms with Crippen LogP contribution in [0.15, 0.2) is 30.3 Å². The monoisotopic (exact) mass is 464 g/mol. The molecule has 32 heavy (non-hydrogen) atoms. The third-order valence-electron chi connectivity index (χ3n) is 5.62. The van der Waals surface area contributed by atoms with Crippen LogP contribution >= 0.6 is 11.6 Å². The van der Waals surface area contributed by atoms with Gasteiger partial charge in [-0.25, -0.2) is 0 Å². The van der Waals surface area contributed by atoms with Gasteiger partial charge in [0.1, 0.15) is 0 Å². The minimum Gasteiger partial charge on any atom is -0.385 e. The van der Waals surface area contributed by atoms with Crippen molar-refractivity contribution in [2.45, 2.75) is 45.5 Å². The highest BCUT2D eigenvalue weighted by atomic mass is 35.5. The van der Waals surface area contributed by atoms with Crippen molar-refractivity contribution in [2.75, 3.05) is 16.8 Å². The van der Waals surface area contributed by atoms with E-state index in [2.05, 4.69) is 20.7 Å². The summed E-state index contributed by atoms with van der Waals surface area (Å²) in [5.41, 5.74) is 2.83. The van der Waals surface area contributed by atoms with Gasteiger partial charge in [0, 0.05) is 23.8 Å². The molecule has 1 atom stereocenters. The number of aryl methyl sites for hydroxylation is 3. The number of rotatable bonds is 4. The van der Waals surface area contributed by atoms with Gasteiger partial charge in [0.05, 0.1) is 18.7 Å². The molecule has 2 heterocycles. The summed E-state index contributed by atoms with van der Waals surface area (Å²) < 4.78 is 40.6. The Kier molecular flexibility index (Phi) is 6.03. The number of nitrogens with zero attached hydrogens (tertiary/aromatic N) is 5. The van der Waals surface area contributed by atoms with Crippen molar-refractivity contribution in [3.8, 4) is 0 Å². The molecule has 0 unspecified atom stereocenters. The number of alkyl halides is 3. The number of aromatic nitrogens is 4. The van der Waals surface area contributed by atoms with Crippen LogP contribution in [-0.4, -0.2) is 26.8 Å². The van der Waals surface area contributed by atoms with Gasteiger partial charge in [-0.1, -0.05) is 28.8 Å². The van der Waals surface area contributed by atoms with E-state index < -0.39 is 11.7 Å². The number of hydrogen-bond donors (Lipinski definition) is 1. The molecule has 1 N–H and O–H groups in total. The largest absolute Gasteiger partial charge is 0.416 e. The highest BCUT2D eigenvalue weighted by molar-refractivity contribution is 6.30. The molecule has 2 aromatic carbocycles. The lowest BCUT2D eigenvalue weighted by molar-refractivity contribution is -0.138. The van der Waals surface area contributed by atoms with Gasteiger partial charge >= 0.3 is 6.18 Å². The molecular weight excluding hydrogens is 441 g/mol. The fourth-order valence-electron chi connectivity index (χ4n) is 4.27. The first-order valence-electron chi connectivity index (χ1n) is 10.3. The maximum Gasteiger partial charge on any atom is 0.416 e. The van der Waals surface area contributed by atoms with E-state index in [1.165, 1.54) is 17.8 Å². The Morgan fingerprint density at radius 1 is 1.19 bits per heavy atom. The van der Waals surface area contributed by atoms with Crippen LogP contribution in [0, 0.1) is 13.8 Å². The van der Waals surface area contributed by atoms with E-state index in [1.807, 2.05) is 30.0 Å². The van der Waals surface area contributed by atoms with E-state index in [4.69, 9.17) is 11.6 Å². The van der Waals surface area contributed by atoms with Gasteiger partial charge in [0.15, 0.2) is 0 Å². The van der Waals surface area contributed by atoms with Crippen LogP contribution < -0.4 is 10.2 Å². The average molecular weight is 465 g/mol. The molecule has 0 fully saturated rings. The lowest BCUT2D eigenvalue weighted by Gasteiger charge is -2.32. The Balaban J connectivity index is 1.81. The van der Waals surface area contributed by atoms with Crippen LogP contribution in [0.3, 0.4) is 0 Å². The predicted molar refractivity (Wildman–Crippen MR) is 118 cm³/mol. The first-order chi connectivity index (χ1) is 15.1. The third kappa shape index (κ3) is 4.67. The molecule has 1 aliphatic heterocycles. The Hall–Kier alpha value is -2.81. The van der Waals surface area contributed by atoms with Crippen LogP contribution in [0.25, 0.3) is 0 Å². The quantitative estimate of drug-likeness (QED) is 0.556. The molecule has 1 aromatic heterocycles. The second-order valence-electron chi connectivity index (χ2n) is 8.18. The van der Waals surface area contributed by atoms with Crippen LogP contribution in [0.4, 0.5) is 24.8 Å². The first-order valence-corrected chi connectivity index (χ1v) is 10.7. The Labute approximate surface area is 189 Å². The second-order valence-corrected chi connectivity index (χ2v) is 8.62. The lowest BCUT2D eigenvalue weighted by Crippen LogP contribution is -2.30. The minimum absolute atomic E-state index is 0.190. The summed E-state index contributed by atoms with van der Waals surface area (Å²) in [6.07, 6.45) is -2.90. The molecule has 0 spiro atoms. The van der Waals surface area contributed by atoms with E-state index in [9.17, 15) is 13.2 Å². The van der Waals surface area contributed by atoms with Crippen LogP contribution in [0.5, 0.6) is 0 Å². The molecular formula is C22H24ClF3N6. The van der Waals surface area contributed by atoms with Crippen molar-refractivity contribution in [3.63, 3.8) is 0 Å². The smallest absolute Gasteiger partial charge is 0.385 e. The highest BCUT2D eigenvalue weighted by Crippen LogP contribution is 2.41. The van der Waals surface area contributed by atoms with Gasteiger partial charge in [0.25, 0.3) is 5.95 Å². The number of benzene rings is 2. The van der Waals surface area contributed by atoms with Crippen molar-refractivity contribution in [2.24, 2.45) is 7.05 Å². The van der Waals surface area contributed by atoms with E-state index in [0.29, 0.717) is 29.7 Å². The number of anilines is 2. The Bertz CT molecular complexity index is 1110. The topological polar surface area (TPSA) is 58.9 Å². The maximum atomic E-state index is 13.5. The van der Waals surface area contributed by atoms with Gasteiger partial charge in [0.2, 0.25) is 0 Å². The van der Waals surface area contributed by atoms with Crippen molar-refractivity contribution in [3.05, 3.63) is 63.2 Å². The summed E-state index contributed by atoms with van der Waals surface area (Å²) in [7, 11) is 1.68. The molecule has 10 heteroatoms. The molecule has 0 amide bonds. The van der Waals surface area contributed by atoms with Crippen molar-refractivity contribution < 1.29 is 13.2 Å². The van der Waals surface area contributed by atoms with E-state index >= 15 is 0 Å². The zero-order chi connectivity index (χ0) is 23.0. The van der Waals surface area contributed by atoms with Crippen LogP contribution in [0.2, 0.25) is 5.02 Å². The molecule has 4 rings (SSSR count). The first kappa shape index (κ1) is 22.4. The Morgan fingerprint density at radius 2 is 1.97 bits per heavy atom. The van der Waals surface area contributed by atoms with Gasteiger partial charge in [-0.05, 0) is 72.4 Å². The highest BCUT2D eigenvalue weighted by Gasteiger charge is 2.35. The van der Waals surface area contributed by atoms with Gasteiger partial charge in [-0.15, -0.1) is 5.10 Å². The van der Waals surface area contributed by atoms with Crippen molar-refractivity contribution in [1.82, 2.24) is 20.2 Å². The number of halogens is 4. The van der Waals surface area contributed by atoms with Crippen molar-refractivity contribution >= 4 is 23.2 Å². The van der Waals surface area contributed by atoms with Gasteiger partial charge in [-0.2, -0.15) is 18.0 Å². The SMILES string of the molecule is Cc1cc(Cl)cc(CN(c2nnn(C)n2)[C@H]2CCCNc3cc(C(F)(F)F)c(C)cc32)c1. The van der Waals surface area contributed by atoms with Crippen molar-refractivity contribution in [1.29, 1.82) is 0 Å². The third-order valence-corrected chi connectivity index (χ3v) is 5.83. The molecule has 1 aliphatic rings. The maximum absolute atomic E-state index is 13.5. The summed E-state index contributed by atoms with van der Waals surface area (Å²) >= 11 is 6.27. The van der Waals surface area contributed by atoms with Gasteiger partial charge in [-0.3, -0.25) is 0 Å². The molecule has 0 saturated carbocycles. The molecule has 0 radical (unpaired) electrons. The predicted octanol–water partition coefficient (Wildman–Crippen LogP) is 5.45. The molecule has 0 aliphatic carbocycles. The summed E-state index contributed by atoms with van der Waals surface area (Å²) in [4.78, 5) is 3.37. The Morgan fingerprint density at radius 3 is 2.62 bits per heavy atom. The second kappa shape index (κ2) is 8.61.